The van der Waals surface area contributed by atoms with Crippen LogP contribution in [0.3, 0.4) is 0 Å². The maximum absolute atomic E-state index is 12.7. The molecule has 3 heterocycles. The van der Waals surface area contributed by atoms with Crippen LogP contribution in [0.25, 0.3) is 0 Å². The number of morpholine rings is 1. The fraction of sp³-hybridized carbons (Fsp3) is 0.667. The molecule has 1 aromatic heterocycles. The van der Waals surface area contributed by atoms with Crippen LogP contribution < -0.4 is 5.32 Å². The molecule has 0 bridgehead atoms. The van der Waals surface area contributed by atoms with Gasteiger partial charge in [-0.2, -0.15) is 0 Å². The average Bonchev–Trinajstić information content (AvgIpc) is 3.17. The highest BCUT2D eigenvalue weighted by molar-refractivity contribution is 7.10. The molecule has 25 heavy (non-hydrogen) atoms. The number of hydrogen-bond donors (Lipinski definition) is 1. The molecule has 2 fully saturated rings. The lowest BCUT2D eigenvalue weighted by Crippen LogP contribution is -2.50. The summed E-state index contributed by atoms with van der Waals surface area (Å²) in [7, 11) is 0. The molecule has 2 saturated heterocycles. The Morgan fingerprint density at radius 3 is 2.88 bits per heavy atom. The van der Waals surface area contributed by atoms with Crippen LogP contribution in [0.15, 0.2) is 17.5 Å². The third kappa shape index (κ3) is 5.03. The predicted octanol–water partition coefficient (Wildman–Crippen LogP) is 1.50. The zero-order valence-corrected chi connectivity index (χ0v) is 15.6. The lowest BCUT2D eigenvalue weighted by Gasteiger charge is -2.36. The van der Waals surface area contributed by atoms with Gasteiger partial charge < -0.3 is 15.0 Å². The van der Waals surface area contributed by atoms with E-state index in [-0.39, 0.29) is 23.8 Å². The molecule has 2 unspecified atom stereocenters. The van der Waals surface area contributed by atoms with Gasteiger partial charge in [-0.25, -0.2) is 0 Å². The number of nitrogens with zero attached hydrogens (tertiary/aromatic N) is 2. The molecule has 1 N–H and O–H groups in total. The summed E-state index contributed by atoms with van der Waals surface area (Å²) in [5, 5.41) is 5.07. The summed E-state index contributed by atoms with van der Waals surface area (Å²) in [5.74, 6) is 0.259. The highest BCUT2D eigenvalue weighted by Gasteiger charge is 2.30. The minimum atomic E-state index is 0.00868. The fourth-order valence-electron chi connectivity index (χ4n) is 3.54. The lowest BCUT2D eigenvalue weighted by molar-refractivity contribution is -0.142. The Morgan fingerprint density at radius 2 is 2.16 bits per heavy atom. The van der Waals surface area contributed by atoms with Gasteiger partial charge in [0.2, 0.25) is 11.8 Å². The smallest absolute Gasteiger partial charge is 0.234 e. The Morgan fingerprint density at radius 1 is 1.36 bits per heavy atom. The zero-order valence-electron chi connectivity index (χ0n) is 14.8. The van der Waals surface area contributed by atoms with E-state index in [1.165, 1.54) is 0 Å². The summed E-state index contributed by atoms with van der Waals surface area (Å²) in [6.07, 6.45) is 1.88. The molecule has 2 aliphatic heterocycles. The highest BCUT2D eigenvalue weighted by Crippen LogP contribution is 2.20. The molecule has 0 aromatic carbocycles. The van der Waals surface area contributed by atoms with Crippen LogP contribution in [-0.2, 0) is 14.3 Å². The summed E-state index contributed by atoms with van der Waals surface area (Å²) in [6.45, 7) is 6.57. The van der Waals surface area contributed by atoms with Crippen LogP contribution in [-0.4, -0.2) is 67.6 Å². The second-order valence-electron chi connectivity index (χ2n) is 6.82. The van der Waals surface area contributed by atoms with Gasteiger partial charge in [-0.05, 0) is 37.8 Å². The molecule has 2 amide bonds. The molecule has 0 radical (unpaired) electrons. The topological polar surface area (TPSA) is 61.9 Å². The van der Waals surface area contributed by atoms with Crippen molar-refractivity contribution in [3.05, 3.63) is 22.4 Å². The number of thiophene rings is 1. The molecule has 2 aliphatic rings. The number of piperidine rings is 1. The molecule has 1 aromatic rings. The molecule has 7 heteroatoms. The Balaban J connectivity index is 1.47. The average molecular weight is 365 g/mol. The van der Waals surface area contributed by atoms with Gasteiger partial charge in [0.05, 0.1) is 31.7 Å². The van der Waals surface area contributed by atoms with E-state index in [9.17, 15) is 9.59 Å². The Kier molecular flexibility index (Phi) is 6.45. The van der Waals surface area contributed by atoms with Gasteiger partial charge in [0, 0.05) is 24.5 Å². The van der Waals surface area contributed by atoms with Gasteiger partial charge in [-0.15, -0.1) is 11.3 Å². The van der Waals surface area contributed by atoms with Crippen molar-refractivity contribution in [2.24, 2.45) is 5.92 Å². The summed E-state index contributed by atoms with van der Waals surface area (Å²) in [6, 6.07) is 4.06. The van der Waals surface area contributed by atoms with E-state index >= 15 is 0 Å². The minimum absolute atomic E-state index is 0.00868. The first-order valence-corrected chi connectivity index (χ1v) is 9.93. The zero-order chi connectivity index (χ0) is 17.6. The molecule has 3 rings (SSSR count). The van der Waals surface area contributed by atoms with Crippen LogP contribution in [0.4, 0.5) is 0 Å². The Hall–Kier alpha value is -1.44. The van der Waals surface area contributed by atoms with Crippen molar-refractivity contribution < 1.29 is 14.3 Å². The number of amides is 2. The third-order valence-corrected chi connectivity index (χ3v) is 5.95. The van der Waals surface area contributed by atoms with Crippen molar-refractivity contribution in [1.29, 1.82) is 0 Å². The predicted molar refractivity (Wildman–Crippen MR) is 97.4 cm³/mol. The number of rotatable bonds is 5. The van der Waals surface area contributed by atoms with E-state index in [1.807, 2.05) is 29.3 Å². The number of nitrogens with one attached hydrogen (secondary N) is 1. The summed E-state index contributed by atoms with van der Waals surface area (Å²) in [4.78, 5) is 30.2. The van der Waals surface area contributed by atoms with Crippen LogP contribution in [0, 0.1) is 5.92 Å². The monoisotopic (exact) mass is 365 g/mol. The van der Waals surface area contributed by atoms with Crippen molar-refractivity contribution in [3.63, 3.8) is 0 Å². The molecule has 2 atom stereocenters. The van der Waals surface area contributed by atoms with E-state index in [4.69, 9.17) is 4.74 Å². The molecule has 0 aliphatic carbocycles. The normalized spacial score (nSPS) is 23.2. The van der Waals surface area contributed by atoms with Gasteiger partial charge in [0.1, 0.15) is 0 Å². The second kappa shape index (κ2) is 8.78. The van der Waals surface area contributed by atoms with Crippen molar-refractivity contribution in [3.8, 4) is 0 Å². The maximum Gasteiger partial charge on any atom is 0.234 e. The number of ether oxygens (including phenoxy) is 1. The van der Waals surface area contributed by atoms with E-state index in [0.717, 1.165) is 24.3 Å². The molecule has 0 spiro atoms. The van der Waals surface area contributed by atoms with E-state index in [0.29, 0.717) is 39.4 Å². The van der Waals surface area contributed by atoms with Crippen molar-refractivity contribution >= 4 is 23.2 Å². The van der Waals surface area contributed by atoms with Gasteiger partial charge in [-0.3, -0.25) is 14.5 Å². The van der Waals surface area contributed by atoms with E-state index in [2.05, 4.69) is 10.2 Å². The van der Waals surface area contributed by atoms with Gasteiger partial charge in [-0.1, -0.05) is 6.07 Å². The number of carbonyl (C=O) groups is 2. The van der Waals surface area contributed by atoms with Crippen LogP contribution in [0.2, 0.25) is 0 Å². The Bertz CT molecular complexity index is 572. The van der Waals surface area contributed by atoms with Crippen LogP contribution >= 0.6 is 11.3 Å². The van der Waals surface area contributed by atoms with Gasteiger partial charge in [0.15, 0.2) is 0 Å². The SMILES string of the molecule is CC(NC(=O)CN1CCCC(C(=O)N2CCOCC2)C1)c1cccs1. The first-order valence-electron chi connectivity index (χ1n) is 9.05. The van der Waals surface area contributed by atoms with E-state index < -0.39 is 0 Å². The second-order valence-corrected chi connectivity index (χ2v) is 7.80. The maximum atomic E-state index is 12.7. The Labute approximate surface area is 153 Å². The van der Waals surface area contributed by atoms with Crippen molar-refractivity contribution in [1.82, 2.24) is 15.1 Å². The van der Waals surface area contributed by atoms with Crippen molar-refractivity contribution in [2.45, 2.75) is 25.8 Å². The number of hydrogen-bond acceptors (Lipinski definition) is 5. The summed E-state index contributed by atoms with van der Waals surface area (Å²) >= 11 is 1.65. The minimum Gasteiger partial charge on any atom is -0.378 e. The van der Waals surface area contributed by atoms with Gasteiger partial charge >= 0.3 is 0 Å². The standard InChI is InChI=1S/C18H27N3O3S/c1-14(16-5-3-11-25-16)19-17(22)13-20-6-2-4-15(12-20)18(23)21-7-9-24-10-8-21/h3,5,11,14-15H,2,4,6-10,12-13H2,1H3,(H,19,22). The molecule has 6 nitrogen and oxygen atoms in total. The number of likely N-dealkylation sites (tertiary alicyclic amines) is 1. The molecular weight excluding hydrogens is 338 g/mol. The molecule has 0 saturated carbocycles. The lowest BCUT2D eigenvalue weighted by atomic mass is 9.96. The highest BCUT2D eigenvalue weighted by atomic mass is 32.1. The number of carbonyl (C=O) groups excluding carboxylic acids is 2. The third-order valence-electron chi connectivity index (χ3n) is 4.89. The molecular formula is C18H27N3O3S. The first kappa shape index (κ1) is 18.4. The van der Waals surface area contributed by atoms with E-state index in [1.54, 1.807) is 11.3 Å². The summed E-state index contributed by atoms with van der Waals surface area (Å²) < 4.78 is 5.32. The van der Waals surface area contributed by atoms with Gasteiger partial charge in [0.25, 0.3) is 0 Å². The fourth-order valence-corrected chi connectivity index (χ4v) is 4.28. The van der Waals surface area contributed by atoms with Crippen LogP contribution in [0.1, 0.15) is 30.7 Å². The largest absolute Gasteiger partial charge is 0.378 e. The molecule has 138 valence electrons. The van der Waals surface area contributed by atoms with Crippen molar-refractivity contribution in [2.75, 3.05) is 45.9 Å². The summed E-state index contributed by atoms with van der Waals surface area (Å²) in [5.41, 5.74) is 0. The quantitative estimate of drug-likeness (QED) is 0.859. The van der Waals surface area contributed by atoms with Crippen LogP contribution in [0.5, 0.6) is 0 Å². The first-order chi connectivity index (χ1) is 12.1.